The second-order valence-corrected chi connectivity index (χ2v) is 10.2. The number of aryl methyl sites for hydroxylation is 1. The van der Waals surface area contributed by atoms with Crippen LogP contribution in [0, 0.1) is 12.7 Å². The van der Waals surface area contributed by atoms with Crippen LogP contribution < -0.4 is 5.32 Å². The van der Waals surface area contributed by atoms with Crippen molar-refractivity contribution in [3.05, 3.63) is 52.9 Å². The van der Waals surface area contributed by atoms with Crippen molar-refractivity contribution in [2.75, 3.05) is 13.1 Å². The molecule has 0 spiro atoms. The molecular weight excluding hydrogens is 449 g/mol. The van der Waals surface area contributed by atoms with Crippen molar-refractivity contribution in [3.8, 4) is 0 Å². The molecule has 2 N–H and O–H groups in total. The number of benzene rings is 1. The topological polar surface area (TPSA) is 90.7 Å². The van der Waals surface area contributed by atoms with Crippen molar-refractivity contribution in [1.29, 1.82) is 0 Å². The number of nitrogens with one attached hydrogen (secondary N) is 1. The monoisotopic (exact) mass is 483 g/mol. The van der Waals surface area contributed by atoms with Crippen LogP contribution in [0.15, 0.2) is 24.3 Å². The smallest absolute Gasteiger partial charge is 0.407 e. The summed E-state index contributed by atoms with van der Waals surface area (Å²) in [6.07, 6.45) is 4.84. The zero-order chi connectivity index (χ0) is 24.7. The number of nitrogens with zero attached hydrogens (tertiary/aromatic N) is 4. The van der Waals surface area contributed by atoms with Gasteiger partial charge in [-0.25, -0.2) is 14.2 Å². The number of carbonyl (C=O) groups is 2. The summed E-state index contributed by atoms with van der Waals surface area (Å²) in [7, 11) is 0. The third-order valence-corrected chi connectivity index (χ3v) is 8.03. The van der Waals surface area contributed by atoms with Crippen molar-refractivity contribution < 1.29 is 19.1 Å². The molecule has 9 heteroatoms. The highest BCUT2D eigenvalue weighted by atomic mass is 19.1. The molecule has 3 aliphatic rings. The number of halogens is 1. The standard InChI is InChI=1S/C26H34FN5O3/c1-16-28-24-8-10-30(26(34)35)15-25(24)32(16)22-13-20-6-7-21(14-22)31(20)11-9-23(29-17(2)33)18-4-3-5-19(27)12-18/h3-5,12,20-23H,6-11,13-15H2,1-2H3,(H,29,33)(H,34,35)/t20-,21+,22?,23-/m0/s1. The first-order valence-corrected chi connectivity index (χ1v) is 12.6. The zero-order valence-corrected chi connectivity index (χ0v) is 20.4. The van der Waals surface area contributed by atoms with Crippen LogP contribution >= 0.6 is 0 Å². The fraction of sp³-hybridized carbons (Fsp3) is 0.577. The lowest BCUT2D eigenvalue weighted by molar-refractivity contribution is -0.119. The number of rotatable bonds is 6. The molecule has 188 valence electrons. The molecule has 5 rings (SSSR count). The number of imidazole rings is 1. The van der Waals surface area contributed by atoms with Gasteiger partial charge in [0.05, 0.1) is 24.0 Å². The second kappa shape index (κ2) is 9.60. The molecule has 4 atom stereocenters. The maximum Gasteiger partial charge on any atom is 0.407 e. The highest BCUT2D eigenvalue weighted by molar-refractivity contribution is 5.73. The fourth-order valence-corrected chi connectivity index (χ4v) is 6.55. The van der Waals surface area contributed by atoms with Gasteiger partial charge in [0, 0.05) is 44.6 Å². The summed E-state index contributed by atoms with van der Waals surface area (Å²) >= 11 is 0. The Morgan fingerprint density at radius 2 is 1.97 bits per heavy atom. The molecule has 3 aliphatic heterocycles. The lowest BCUT2D eigenvalue weighted by Gasteiger charge is -2.41. The Morgan fingerprint density at radius 1 is 1.23 bits per heavy atom. The number of amides is 2. The van der Waals surface area contributed by atoms with E-state index in [4.69, 9.17) is 4.98 Å². The average Bonchev–Trinajstić information content (AvgIpc) is 3.26. The molecular formula is C26H34FN5O3. The van der Waals surface area contributed by atoms with Crippen molar-refractivity contribution in [2.24, 2.45) is 0 Å². The number of fused-ring (bicyclic) bond motifs is 3. The van der Waals surface area contributed by atoms with E-state index in [-0.39, 0.29) is 17.8 Å². The fourth-order valence-electron chi connectivity index (χ4n) is 6.55. The lowest BCUT2D eigenvalue weighted by atomic mass is 9.95. The Kier molecular flexibility index (Phi) is 6.53. The highest BCUT2D eigenvalue weighted by Gasteiger charge is 2.42. The molecule has 35 heavy (non-hydrogen) atoms. The molecule has 1 aromatic carbocycles. The number of aromatic nitrogens is 2. The molecule has 0 radical (unpaired) electrons. The molecule has 8 nitrogen and oxygen atoms in total. The number of piperidine rings is 1. The van der Waals surface area contributed by atoms with Crippen LogP contribution in [0.2, 0.25) is 0 Å². The van der Waals surface area contributed by atoms with Gasteiger partial charge in [0.15, 0.2) is 0 Å². The van der Waals surface area contributed by atoms with E-state index < -0.39 is 6.09 Å². The SMILES string of the molecule is CC(=O)N[C@@H](CCN1[C@@H]2CC[C@H]1CC(n1c(C)nc3c1CN(C(=O)O)CC3)C2)c1cccc(F)c1. The van der Waals surface area contributed by atoms with Crippen LogP contribution in [-0.2, 0) is 17.8 Å². The third-order valence-electron chi connectivity index (χ3n) is 8.03. The van der Waals surface area contributed by atoms with Gasteiger partial charge in [0.25, 0.3) is 0 Å². The minimum absolute atomic E-state index is 0.114. The quantitative estimate of drug-likeness (QED) is 0.652. The van der Waals surface area contributed by atoms with E-state index in [2.05, 4.69) is 14.8 Å². The first-order chi connectivity index (χ1) is 16.8. The molecule has 0 aliphatic carbocycles. The van der Waals surface area contributed by atoms with E-state index in [1.807, 2.05) is 13.0 Å². The molecule has 2 bridgehead atoms. The van der Waals surface area contributed by atoms with Gasteiger partial charge in [-0.1, -0.05) is 12.1 Å². The van der Waals surface area contributed by atoms with E-state index in [1.54, 1.807) is 6.07 Å². The first kappa shape index (κ1) is 23.8. The summed E-state index contributed by atoms with van der Waals surface area (Å²) in [5, 5.41) is 12.5. The van der Waals surface area contributed by atoms with Crippen molar-refractivity contribution in [2.45, 2.75) is 83.1 Å². The largest absolute Gasteiger partial charge is 0.465 e. The normalized spacial score (nSPS) is 24.8. The summed E-state index contributed by atoms with van der Waals surface area (Å²) in [6.45, 7) is 5.30. The molecule has 0 saturated carbocycles. The van der Waals surface area contributed by atoms with Gasteiger partial charge in [0.1, 0.15) is 11.6 Å². The minimum atomic E-state index is -0.872. The number of hydrogen-bond donors (Lipinski definition) is 2. The Balaban J connectivity index is 1.29. The van der Waals surface area contributed by atoms with Crippen LogP contribution in [-0.4, -0.2) is 61.6 Å². The molecule has 2 amide bonds. The van der Waals surface area contributed by atoms with Gasteiger partial charge in [-0.3, -0.25) is 9.69 Å². The van der Waals surface area contributed by atoms with E-state index in [0.29, 0.717) is 37.6 Å². The van der Waals surface area contributed by atoms with Gasteiger partial charge < -0.3 is 19.9 Å². The Bertz CT molecular complexity index is 1100. The second-order valence-electron chi connectivity index (χ2n) is 10.2. The van der Waals surface area contributed by atoms with Gasteiger partial charge >= 0.3 is 6.09 Å². The lowest BCUT2D eigenvalue weighted by Crippen LogP contribution is -2.45. The number of carbonyl (C=O) groups excluding carboxylic acids is 1. The van der Waals surface area contributed by atoms with E-state index in [0.717, 1.165) is 61.4 Å². The van der Waals surface area contributed by atoms with Crippen LogP contribution in [0.1, 0.15) is 73.9 Å². The molecule has 2 fully saturated rings. The van der Waals surface area contributed by atoms with Crippen LogP contribution in [0.5, 0.6) is 0 Å². The average molecular weight is 484 g/mol. The van der Waals surface area contributed by atoms with E-state index >= 15 is 0 Å². The number of carboxylic acid groups (broad SMARTS) is 1. The first-order valence-electron chi connectivity index (χ1n) is 12.6. The number of hydrogen-bond acceptors (Lipinski definition) is 4. The van der Waals surface area contributed by atoms with E-state index in [1.165, 1.54) is 24.0 Å². The van der Waals surface area contributed by atoms with Gasteiger partial charge in [-0.15, -0.1) is 0 Å². The molecule has 1 aromatic heterocycles. The summed E-state index contributed by atoms with van der Waals surface area (Å²) in [6, 6.07) is 7.48. The van der Waals surface area contributed by atoms with Gasteiger partial charge in [0.2, 0.25) is 5.91 Å². The van der Waals surface area contributed by atoms with Crippen LogP contribution in [0.3, 0.4) is 0 Å². The summed E-state index contributed by atoms with van der Waals surface area (Å²) < 4.78 is 16.1. The van der Waals surface area contributed by atoms with Crippen LogP contribution in [0.4, 0.5) is 9.18 Å². The van der Waals surface area contributed by atoms with Gasteiger partial charge in [-0.2, -0.15) is 0 Å². The molecule has 4 heterocycles. The van der Waals surface area contributed by atoms with Crippen LogP contribution in [0.25, 0.3) is 0 Å². The summed E-state index contributed by atoms with van der Waals surface area (Å²) in [5.41, 5.74) is 2.90. The Labute approximate surface area is 205 Å². The Morgan fingerprint density at radius 3 is 2.63 bits per heavy atom. The molecule has 1 unspecified atom stereocenters. The summed E-state index contributed by atoms with van der Waals surface area (Å²) in [4.78, 5) is 32.3. The highest BCUT2D eigenvalue weighted by Crippen LogP contribution is 2.43. The maximum atomic E-state index is 13.8. The molecule has 2 saturated heterocycles. The maximum absolute atomic E-state index is 13.8. The van der Waals surface area contributed by atoms with Crippen molar-refractivity contribution in [3.63, 3.8) is 0 Å². The molecule has 2 aromatic rings. The summed E-state index contributed by atoms with van der Waals surface area (Å²) in [5.74, 6) is 0.577. The predicted octanol–water partition coefficient (Wildman–Crippen LogP) is 3.80. The third kappa shape index (κ3) is 4.78. The predicted molar refractivity (Wildman–Crippen MR) is 128 cm³/mol. The zero-order valence-electron chi connectivity index (χ0n) is 20.4. The van der Waals surface area contributed by atoms with Gasteiger partial charge in [-0.05, 0) is 56.7 Å². The minimum Gasteiger partial charge on any atom is -0.465 e. The Hall–Kier alpha value is -2.94. The van der Waals surface area contributed by atoms with Crippen molar-refractivity contribution in [1.82, 2.24) is 24.7 Å². The van der Waals surface area contributed by atoms with Crippen molar-refractivity contribution >= 4 is 12.0 Å². The van der Waals surface area contributed by atoms with E-state index in [9.17, 15) is 19.1 Å².